The van der Waals surface area contributed by atoms with Gasteiger partial charge in [0.1, 0.15) is 5.52 Å². The Morgan fingerprint density at radius 1 is 1.22 bits per heavy atom. The van der Waals surface area contributed by atoms with Crippen LogP contribution < -0.4 is 10.9 Å². The number of pyridine rings is 1. The number of hydrogen-bond donors (Lipinski definition) is 1. The second-order valence-corrected chi connectivity index (χ2v) is 7.69. The Labute approximate surface area is 166 Å². The average molecular weight is 405 g/mol. The molecule has 0 radical (unpaired) electrons. The van der Waals surface area contributed by atoms with E-state index in [9.17, 15) is 4.79 Å². The molecule has 0 saturated heterocycles. The third-order valence-electron chi connectivity index (χ3n) is 4.18. The van der Waals surface area contributed by atoms with Crippen LogP contribution in [0.5, 0.6) is 0 Å². The van der Waals surface area contributed by atoms with E-state index in [1.165, 1.54) is 6.20 Å². The van der Waals surface area contributed by atoms with Crippen LogP contribution in [0.1, 0.15) is 38.9 Å². The number of aromatic nitrogens is 5. The second kappa shape index (κ2) is 8.67. The zero-order valence-electron chi connectivity index (χ0n) is 15.4. The maximum Gasteiger partial charge on any atom is 0.295 e. The summed E-state index contributed by atoms with van der Waals surface area (Å²) in [5, 5.41) is 3.20. The Balaban J connectivity index is 1.93. The van der Waals surface area contributed by atoms with E-state index in [0.717, 1.165) is 22.8 Å². The summed E-state index contributed by atoms with van der Waals surface area (Å²) in [6.07, 6.45) is 4.15. The summed E-state index contributed by atoms with van der Waals surface area (Å²) in [6, 6.07) is 3.93. The largest absolute Gasteiger partial charge is 0.360 e. The first-order chi connectivity index (χ1) is 13.0. The summed E-state index contributed by atoms with van der Waals surface area (Å²) in [6.45, 7) is 6.48. The monoisotopic (exact) mass is 404 g/mol. The molecule has 3 aromatic heterocycles. The maximum absolute atomic E-state index is 13.0. The highest BCUT2D eigenvalue weighted by atomic mass is 35.5. The van der Waals surface area contributed by atoms with Gasteiger partial charge in [-0.05, 0) is 42.8 Å². The van der Waals surface area contributed by atoms with Gasteiger partial charge in [-0.2, -0.15) is 4.98 Å². The number of rotatable bonds is 7. The van der Waals surface area contributed by atoms with Crippen molar-refractivity contribution < 1.29 is 0 Å². The number of nitrogens with zero attached hydrogens (tertiary/aromatic N) is 5. The highest BCUT2D eigenvalue weighted by Crippen LogP contribution is 2.19. The van der Waals surface area contributed by atoms with Crippen molar-refractivity contribution in [3.63, 3.8) is 0 Å². The van der Waals surface area contributed by atoms with E-state index in [1.807, 2.05) is 32.2 Å². The Hall–Kier alpha value is -2.19. The molecule has 0 amide bonds. The lowest BCUT2D eigenvalue weighted by atomic mass is 10.2. The van der Waals surface area contributed by atoms with E-state index in [1.54, 1.807) is 16.3 Å². The molecular formula is C18H21ClN6OS. The molecule has 142 valence electrons. The first kappa shape index (κ1) is 19.6. The normalized spacial score (nSPS) is 12.3. The Morgan fingerprint density at radius 2 is 2.04 bits per heavy atom. The fraction of sp³-hybridized carbons (Fsp3) is 0.389. The highest BCUT2D eigenvalue weighted by Gasteiger charge is 2.16. The molecule has 0 saturated carbocycles. The van der Waals surface area contributed by atoms with Crippen molar-refractivity contribution in [3.8, 4) is 0 Å². The fourth-order valence-electron chi connectivity index (χ4n) is 2.63. The number of thioether (sulfide) groups is 1. The topological polar surface area (TPSA) is 85.6 Å². The highest BCUT2D eigenvalue weighted by molar-refractivity contribution is 7.99. The van der Waals surface area contributed by atoms with Crippen LogP contribution >= 0.6 is 23.4 Å². The summed E-state index contributed by atoms with van der Waals surface area (Å²) < 4.78 is 1.62. The minimum absolute atomic E-state index is 0.0435. The van der Waals surface area contributed by atoms with Gasteiger partial charge in [-0.3, -0.25) is 14.3 Å². The molecule has 3 rings (SSSR count). The maximum atomic E-state index is 13.0. The third-order valence-corrected chi connectivity index (χ3v) is 5.23. The van der Waals surface area contributed by atoms with Crippen molar-refractivity contribution >= 4 is 40.3 Å². The third kappa shape index (κ3) is 4.39. The van der Waals surface area contributed by atoms with E-state index >= 15 is 0 Å². The molecule has 7 nitrogen and oxygen atoms in total. The Morgan fingerprint density at radius 3 is 2.70 bits per heavy atom. The van der Waals surface area contributed by atoms with E-state index in [4.69, 9.17) is 11.6 Å². The number of anilines is 1. The van der Waals surface area contributed by atoms with Crippen molar-refractivity contribution in [2.75, 3.05) is 11.1 Å². The van der Waals surface area contributed by atoms with Crippen molar-refractivity contribution in [1.29, 1.82) is 0 Å². The standard InChI is InChI=1S/C18H21ClN6OS/c1-4-11(3)25-16-14(10-22-18(19)24-16)23-15(17(25)26)21-8-12-6-7-13(9-20-12)27-5-2/h6-7,9-11H,4-5,8H2,1-3H3,(H,21,23). The predicted molar refractivity (Wildman–Crippen MR) is 110 cm³/mol. The van der Waals surface area contributed by atoms with Crippen molar-refractivity contribution in [2.45, 2.75) is 44.7 Å². The second-order valence-electron chi connectivity index (χ2n) is 6.01. The lowest BCUT2D eigenvalue weighted by molar-refractivity contribution is 0.526. The molecule has 0 aliphatic rings. The van der Waals surface area contributed by atoms with Crippen LogP contribution in [0.3, 0.4) is 0 Å². The van der Waals surface area contributed by atoms with Crippen molar-refractivity contribution in [3.05, 3.63) is 45.9 Å². The van der Waals surface area contributed by atoms with Crippen molar-refractivity contribution in [1.82, 2.24) is 24.5 Å². The van der Waals surface area contributed by atoms with Gasteiger partial charge in [-0.25, -0.2) is 9.97 Å². The minimum atomic E-state index is -0.232. The van der Waals surface area contributed by atoms with Gasteiger partial charge in [-0.15, -0.1) is 11.8 Å². The first-order valence-corrected chi connectivity index (χ1v) is 10.2. The van der Waals surface area contributed by atoms with Gasteiger partial charge in [0.25, 0.3) is 5.56 Å². The van der Waals surface area contributed by atoms with Crippen LogP contribution in [-0.4, -0.2) is 30.3 Å². The summed E-state index contributed by atoms with van der Waals surface area (Å²) in [4.78, 5) is 31.1. The number of halogens is 1. The summed E-state index contributed by atoms with van der Waals surface area (Å²) in [5.41, 5.74) is 1.56. The molecule has 1 unspecified atom stereocenters. The number of nitrogens with one attached hydrogen (secondary N) is 1. The predicted octanol–water partition coefficient (Wildman–Crippen LogP) is 3.93. The molecule has 27 heavy (non-hydrogen) atoms. The number of hydrogen-bond acceptors (Lipinski definition) is 7. The molecule has 0 aliphatic carbocycles. The van der Waals surface area contributed by atoms with Gasteiger partial charge in [0.2, 0.25) is 5.28 Å². The number of fused-ring (bicyclic) bond motifs is 1. The van der Waals surface area contributed by atoms with Gasteiger partial charge in [-0.1, -0.05) is 13.8 Å². The van der Waals surface area contributed by atoms with Crippen LogP contribution in [0, 0.1) is 0 Å². The van der Waals surface area contributed by atoms with E-state index in [0.29, 0.717) is 17.7 Å². The van der Waals surface area contributed by atoms with Gasteiger partial charge in [0, 0.05) is 17.1 Å². The molecule has 3 aromatic rings. The van der Waals surface area contributed by atoms with Gasteiger partial charge in [0.05, 0.1) is 18.4 Å². The summed E-state index contributed by atoms with van der Waals surface area (Å²) >= 11 is 7.65. The van der Waals surface area contributed by atoms with E-state index < -0.39 is 0 Å². The van der Waals surface area contributed by atoms with Crippen LogP contribution in [0.25, 0.3) is 11.2 Å². The molecule has 0 spiro atoms. The average Bonchev–Trinajstić information content (AvgIpc) is 2.67. The van der Waals surface area contributed by atoms with Gasteiger partial charge >= 0.3 is 0 Å². The van der Waals surface area contributed by atoms with Gasteiger partial charge in [0.15, 0.2) is 11.5 Å². The van der Waals surface area contributed by atoms with Crippen LogP contribution in [0.15, 0.2) is 34.2 Å². The molecule has 0 aliphatic heterocycles. The summed E-state index contributed by atoms with van der Waals surface area (Å²) in [5.74, 6) is 1.25. The van der Waals surface area contributed by atoms with E-state index in [-0.39, 0.29) is 22.7 Å². The molecule has 0 fully saturated rings. The molecule has 9 heteroatoms. The van der Waals surface area contributed by atoms with Crippen molar-refractivity contribution in [2.24, 2.45) is 0 Å². The first-order valence-electron chi connectivity index (χ1n) is 8.79. The van der Waals surface area contributed by atoms with Crippen LogP contribution in [-0.2, 0) is 6.54 Å². The molecular weight excluding hydrogens is 384 g/mol. The Bertz CT molecular complexity index is 992. The van der Waals surface area contributed by atoms with Gasteiger partial charge < -0.3 is 5.32 Å². The molecule has 0 aromatic carbocycles. The molecule has 1 N–H and O–H groups in total. The fourth-order valence-corrected chi connectivity index (χ4v) is 3.38. The van der Waals surface area contributed by atoms with Crippen LogP contribution in [0.4, 0.5) is 5.82 Å². The molecule has 0 bridgehead atoms. The quantitative estimate of drug-likeness (QED) is 0.471. The Kier molecular flexibility index (Phi) is 6.28. The smallest absolute Gasteiger partial charge is 0.295 e. The lowest BCUT2D eigenvalue weighted by Gasteiger charge is -2.17. The summed E-state index contributed by atoms with van der Waals surface area (Å²) in [7, 11) is 0. The zero-order chi connectivity index (χ0) is 19.4. The zero-order valence-corrected chi connectivity index (χ0v) is 17.0. The van der Waals surface area contributed by atoms with Crippen LogP contribution in [0.2, 0.25) is 5.28 Å². The minimum Gasteiger partial charge on any atom is -0.360 e. The molecule has 3 heterocycles. The van der Waals surface area contributed by atoms with E-state index in [2.05, 4.69) is 32.2 Å². The lowest BCUT2D eigenvalue weighted by Crippen LogP contribution is -2.28. The SMILES string of the molecule is CCSc1ccc(CNc2nc3cnc(Cl)nc3n(C(C)CC)c2=O)nc1. The molecule has 1 atom stereocenters.